The molecule has 4 nitrogen and oxygen atoms in total. The van der Waals surface area contributed by atoms with E-state index in [0.29, 0.717) is 18.1 Å². The molecule has 0 aliphatic carbocycles. The van der Waals surface area contributed by atoms with E-state index < -0.39 is 13.0 Å². The van der Waals surface area contributed by atoms with Gasteiger partial charge in [0.15, 0.2) is 0 Å². The van der Waals surface area contributed by atoms with E-state index in [-0.39, 0.29) is 11.8 Å². The number of hydrogen-bond acceptors (Lipinski definition) is 3. The van der Waals surface area contributed by atoms with Gasteiger partial charge in [0, 0.05) is 23.5 Å². The molecule has 1 N–H and O–H groups in total. The Kier molecular flexibility index (Phi) is 4.11. The molecular formula is C15H14ClF2N3O. The number of aromatic nitrogens is 1. The summed E-state index contributed by atoms with van der Waals surface area (Å²) in [5.41, 5.74) is 0.826. The van der Waals surface area contributed by atoms with Crippen LogP contribution in [0.15, 0.2) is 30.3 Å². The topological polar surface area (TPSA) is 45.2 Å². The van der Waals surface area contributed by atoms with Crippen LogP contribution in [-0.2, 0) is 4.79 Å². The molecule has 1 amide bonds. The minimum Gasteiger partial charge on any atom is -0.355 e. The summed E-state index contributed by atoms with van der Waals surface area (Å²) in [7, 11) is 0. The van der Waals surface area contributed by atoms with Crippen molar-refractivity contribution in [3.63, 3.8) is 0 Å². The minimum atomic E-state index is -2.52. The van der Waals surface area contributed by atoms with E-state index >= 15 is 0 Å². The molecule has 0 atom stereocenters. The van der Waals surface area contributed by atoms with Crippen molar-refractivity contribution >= 4 is 34.2 Å². The van der Waals surface area contributed by atoms with Gasteiger partial charge in [-0.2, -0.15) is 0 Å². The average Bonchev–Trinajstić information content (AvgIpc) is 2.43. The first-order chi connectivity index (χ1) is 10.5. The lowest BCUT2D eigenvalue weighted by Crippen LogP contribution is -2.54. The molecule has 1 aliphatic heterocycles. The third-order valence-corrected chi connectivity index (χ3v) is 3.88. The van der Waals surface area contributed by atoms with Crippen LogP contribution in [0.2, 0.25) is 5.02 Å². The first-order valence-electron chi connectivity index (χ1n) is 6.90. The summed E-state index contributed by atoms with van der Waals surface area (Å²) in [4.78, 5) is 18.1. The minimum absolute atomic E-state index is 0.263. The number of amides is 1. The molecule has 7 heteroatoms. The summed E-state index contributed by atoms with van der Waals surface area (Å²) >= 11 is 5.93. The number of fused-ring (bicyclic) bond motifs is 1. The number of hydrogen-bond donors (Lipinski definition) is 1. The van der Waals surface area contributed by atoms with Crippen LogP contribution in [0.25, 0.3) is 10.9 Å². The van der Waals surface area contributed by atoms with Gasteiger partial charge in [0.2, 0.25) is 5.91 Å². The second kappa shape index (κ2) is 6.04. The Balaban J connectivity index is 1.63. The molecule has 1 saturated heterocycles. The Hall–Kier alpha value is -1.95. The van der Waals surface area contributed by atoms with Gasteiger partial charge in [-0.3, -0.25) is 4.79 Å². The molecule has 1 aromatic heterocycles. The van der Waals surface area contributed by atoms with Gasteiger partial charge in [-0.1, -0.05) is 11.6 Å². The van der Waals surface area contributed by atoms with Crippen LogP contribution in [0, 0.1) is 5.92 Å². The predicted molar refractivity (Wildman–Crippen MR) is 81.5 cm³/mol. The van der Waals surface area contributed by atoms with Crippen LogP contribution in [0.3, 0.4) is 0 Å². The van der Waals surface area contributed by atoms with Crippen molar-refractivity contribution < 1.29 is 13.6 Å². The molecular weight excluding hydrogens is 312 g/mol. The van der Waals surface area contributed by atoms with Crippen LogP contribution in [0.1, 0.15) is 0 Å². The molecule has 0 bridgehead atoms. The summed E-state index contributed by atoms with van der Waals surface area (Å²) in [6, 6.07) is 9.25. The molecule has 116 valence electrons. The van der Waals surface area contributed by atoms with E-state index in [4.69, 9.17) is 11.6 Å². The molecule has 3 rings (SSSR count). The zero-order chi connectivity index (χ0) is 15.7. The number of carbonyl (C=O) groups excluding carboxylic acids is 1. The van der Waals surface area contributed by atoms with Gasteiger partial charge >= 0.3 is 0 Å². The second-order valence-electron chi connectivity index (χ2n) is 5.24. The fourth-order valence-corrected chi connectivity index (χ4v) is 2.60. The van der Waals surface area contributed by atoms with E-state index in [9.17, 15) is 13.6 Å². The summed E-state index contributed by atoms with van der Waals surface area (Å²) in [6.45, 7) is 0.382. The van der Waals surface area contributed by atoms with Gasteiger partial charge in [-0.25, -0.2) is 13.8 Å². The number of alkyl halides is 2. The van der Waals surface area contributed by atoms with E-state index in [0.717, 1.165) is 16.7 Å². The fraction of sp³-hybridized carbons (Fsp3) is 0.333. The Bertz CT molecular complexity index is 704. The smallest absolute Gasteiger partial charge is 0.255 e. The van der Waals surface area contributed by atoms with Crippen molar-refractivity contribution in [2.45, 2.75) is 6.43 Å². The zero-order valence-corrected chi connectivity index (χ0v) is 12.4. The normalized spacial score (nSPS) is 15.2. The highest BCUT2D eigenvalue weighted by Gasteiger charge is 2.33. The Labute approximate surface area is 131 Å². The maximum Gasteiger partial charge on any atom is 0.255 e. The quantitative estimate of drug-likeness (QED) is 0.940. The molecule has 0 saturated carbocycles. The summed E-state index contributed by atoms with van der Waals surface area (Å²) in [5, 5.41) is 3.84. The van der Waals surface area contributed by atoms with Crippen molar-refractivity contribution in [1.29, 1.82) is 0 Å². The molecule has 22 heavy (non-hydrogen) atoms. The van der Waals surface area contributed by atoms with Gasteiger partial charge in [0.05, 0.1) is 18.0 Å². The summed E-state index contributed by atoms with van der Waals surface area (Å²) < 4.78 is 24.1. The maximum absolute atomic E-state index is 12.1. The van der Waals surface area contributed by atoms with Crippen molar-refractivity contribution in [3.05, 3.63) is 35.4 Å². The molecule has 1 aliphatic rings. The highest BCUT2D eigenvalue weighted by atomic mass is 35.5. The number of carbonyl (C=O) groups is 1. The lowest BCUT2D eigenvalue weighted by molar-refractivity contribution is -0.126. The summed E-state index contributed by atoms with van der Waals surface area (Å²) in [6.07, 6.45) is -2.52. The second-order valence-corrected chi connectivity index (χ2v) is 5.68. The lowest BCUT2D eigenvalue weighted by Gasteiger charge is -2.39. The van der Waals surface area contributed by atoms with E-state index in [1.165, 1.54) is 0 Å². The summed E-state index contributed by atoms with van der Waals surface area (Å²) in [5.74, 6) is 0.179. The molecule has 0 radical (unpaired) electrons. The van der Waals surface area contributed by atoms with Gasteiger partial charge < -0.3 is 10.2 Å². The number of rotatable bonds is 4. The average molecular weight is 326 g/mol. The number of anilines is 1. The number of nitrogens with zero attached hydrogens (tertiary/aromatic N) is 2. The van der Waals surface area contributed by atoms with Gasteiger partial charge in [-0.15, -0.1) is 0 Å². The molecule has 0 spiro atoms. The molecule has 2 heterocycles. The van der Waals surface area contributed by atoms with Gasteiger partial charge in [-0.05, 0) is 30.3 Å². The number of nitrogens with one attached hydrogen (secondary N) is 1. The standard InChI is InChI=1S/C15H14ClF2N3O/c16-11-2-3-12-9(5-11)1-4-14(20-12)21-7-10(8-21)15(22)19-6-13(17)18/h1-5,10,13H,6-8H2,(H,19,22). The van der Waals surface area contributed by atoms with Crippen molar-refractivity contribution in [2.24, 2.45) is 5.92 Å². The highest BCUT2D eigenvalue weighted by Crippen LogP contribution is 2.26. The third kappa shape index (κ3) is 3.11. The van der Waals surface area contributed by atoms with Gasteiger partial charge in [0.25, 0.3) is 6.43 Å². The Morgan fingerprint density at radius 1 is 1.36 bits per heavy atom. The molecule has 1 fully saturated rings. The third-order valence-electron chi connectivity index (χ3n) is 3.64. The maximum atomic E-state index is 12.1. The van der Waals surface area contributed by atoms with Crippen molar-refractivity contribution in [1.82, 2.24) is 10.3 Å². The largest absolute Gasteiger partial charge is 0.355 e. The zero-order valence-electron chi connectivity index (χ0n) is 11.6. The van der Waals surface area contributed by atoms with Crippen LogP contribution in [-0.4, -0.2) is 37.0 Å². The molecule has 1 aromatic carbocycles. The van der Waals surface area contributed by atoms with Crippen LogP contribution >= 0.6 is 11.6 Å². The van der Waals surface area contributed by atoms with Crippen LogP contribution in [0.4, 0.5) is 14.6 Å². The lowest BCUT2D eigenvalue weighted by atomic mass is 9.99. The number of benzene rings is 1. The highest BCUT2D eigenvalue weighted by molar-refractivity contribution is 6.31. The fourth-order valence-electron chi connectivity index (χ4n) is 2.42. The molecule has 0 unspecified atom stereocenters. The van der Waals surface area contributed by atoms with E-state index in [1.807, 2.05) is 29.2 Å². The van der Waals surface area contributed by atoms with Gasteiger partial charge in [0.1, 0.15) is 5.82 Å². The first kappa shape index (κ1) is 15.0. The van der Waals surface area contributed by atoms with Crippen molar-refractivity contribution in [3.8, 4) is 0 Å². The monoisotopic (exact) mass is 325 g/mol. The van der Waals surface area contributed by atoms with Crippen LogP contribution < -0.4 is 10.2 Å². The van der Waals surface area contributed by atoms with Crippen LogP contribution in [0.5, 0.6) is 0 Å². The first-order valence-corrected chi connectivity index (χ1v) is 7.28. The molecule has 2 aromatic rings. The van der Waals surface area contributed by atoms with Crippen molar-refractivity contribution in [2.75, 3.05) is 24.5 Å². The SMILES string of the molecule is O=C(NCC(F)F)C1CN(c2ccc3cc(Cl)ccc3n2)C1. The number of pyridine rings is 1. The van der Waals surface area contributed by atoms with E-state index in [2.05, 4.69) is 10.3 Å². The number of halogens is 3. The predicted octanol–water partition coefficient (Wildman–Crippen LogP) is 2.71. The Morgan fingerprint density at radius 3 is 2.86 bits per heavy atom. The van der Waals surface area contributed by atoms with E-state index in [1.54, 1.807) is 6.07 Å². The Morgan fingerprint density at radius 2 is 2.14 bits per heavy atom.